The molecule has 6 fully saturated rings. The molecule has 0 aromatic heterocycles. The van der Waals surface area contributed by atoms with Gasteiger partial charge < -0.3 is 70.0 Å². The van der Waals surface area contributed by atoms with Gasteiger partial charge in [-0.05, 0) is 78.4 Å². The van der Waals surface area contributed by atoms with Crippen molar-refractivity contribution in [2.45, 2.75) is 152 Å². The van der Waals surface area contributed by atoms with Crippen LogP contribution in [0.5, 0.6) is 0 Å². The molecule has 22 atom stereocenters. The molecule has 0 spiro atoms. The Morgan fingerprint density at radius 1 is 0.712 bits per heavy atom. The van der Waals surface area contributed by atoms with Crippen LogP contribution in [0.1, 0.15) is 73.1 Å². The Balaban J connectivity index is 1.11. The van der Waals surface area contributed by atoms with E-state index < -0.39 is 89.9 Å². The highest BCUT2D eigenvalue weighted by atomic mass is 16.7. The van der Waals surface area contributed by atoms with E-state index >= 15 is 0 Å². The van der Waals surface area contributed by atoms with Crippen LogP contribution in [0.15, 0.2) is 12.2 Å². The Bertz CT molecular complexity index is 1260. The van der Waals surface area contributed by atoms with E-state index in [2.05, 4.69) is 26.0 Å². The third-order valence-corrected chi connectivity index (χ3v) is 14.8. The molecule has 4 aliphatic carbocycles. The zero-order valence-corrected chi connectivity index (χ0v) is 31.1. The van der Waals surface area contributed by atoms with Gasteiger partial charge in [0.05, 0.1) is 49.8 Å². The van der Waals surface area contributed by atoms with Crippen LogP contribution < -0.4 is 0 Å². The molecule has 300 valence electrons. The topological polar surface area (TPSA) is 239 Å². The maximum Gasteiger partial charge on any atom is 0.186 e. The minimum Gasteiger partial charge on any atom is -0.393 e. The van der Waals surface area contributed by atoms with E-state index in [4.69, 9.17) is 18.9 Å². The predicted octanol–water partition coefficient (Wildman–Crippen LogP) is -0.583. The van der Waals surface area contributed by atoms with Crippen LogP contribution in [0.25, 0.3) is 0 Å². The maximum atomic E-state index is 12.8. The average Bonchev–Trinajstić information content (AvgIpc) is 3.30. The van der Waals surface area contributed by atoms with Crippen molar-refractivity contribution in [3.8, 4) is 0 Å². The second-order valence-electron chi connectivity index (χ2n) is 17.9. The van der Waals surface area contributed by atoms with Gasteiger partial charge in [0.25, 0.3) is 0 Å². The zero-order chi connectivity index (χ0) is 38.1. The molecular weight excluding hydrogens is 680 g/mol. The molecule has 6 rings (SSSR count). The zero-order valence-electron chi connectivity index (χ0n) is 31.1. The summed E-state index contributed by atoms with van der Waals surface area (Å²) in [4.78, 5) is 0. The Morgan fingerprint density at radius 2 is 1.31 bits per heavy atom. The predicted molar refractivity (Wildman–Crippen MR) is 184 cm³/mol. The third kappa shape index (κ3) is 6.95. The lowest BCUT2D eigenvalue weighted by molar-refractivity contribution is -0.300. The summed E-state index contributed by atoms with van der Waals surface area (Å²) in [5.74, 6) is -1.60. The second kappa shape index (κ2) is 15.3. The van der Waals surface area contributed by atoms with Crippen molar-refractivity contribution in [2.24, 2.45) is 52.3 Å². The highest BCUT2D eigenvalue weighted by Crippen LogP contribution is 2.70. The fraction of sp³-hybridized carbons (Fsp3) is 0.947. The lowest BCUT2D eigenvalue weighted by atomic mass is 9.42. The Hall–Kier alpha value is -0.820. The van der Waals surface area contributed by atoms with Gasteiger partial charge in [-0.15, -0.1) is 0 Å². The van der Waals surface area contributed by atoms with Crippen LogP contribution in [-0.4, -0.2) is 150 Å². The Labute approximate surface area is 306 Å². The average molecular weight is 745 g/mol. The van der Waals surface area contributed by atoms with Gasteiger partial charge in [-0.2, -0.15) is 0 Å². The van der Waals surface area contributed by atoms with Crippen LogP contribution in [0.4, 0.5) is 0 Å². The SMILES string of the molecule is C[C@H](/C=C/[C@@H](C)[C@H](C)COC1OCC(O)C(O)C1O)[C@H]1[C@@H](O)[C@@H](O)[C@@H]2[C@]1(C)CCC1[C@@]3(C)CC[C@H](OC4OCC(O)C(O)C4O)C[C@@H]3[C@@H](O)C[C@]12O. The van der Waals surface area contributed by atoms with E-state index in [1.807, 2.05) is 20.8 Å². The van der Waals surface area contributed by atoms with Crippen molar-refractivity contribution in [2.75, 3.05) is 19.8 Å². The number of fused-ring (bicyclic) bond motifs is 5. The molecule has 2 aliphatic heterocycles. The first-order valence-electron chi connectivity index (χ1n) is 19.4. The number of ether oxygens (including phenoxy) is 4. The van der Waals surface area contributed by atoms with Gasteiger partial charge in [0.1, 0.15) is 36.6 Å². The van der Waals surface area contributed by atoms with Crippen LogP contribution in [0, 0.1) is 52.3 Å². The van der Waals surface area contributed by atoms with E-state index in [-0.39, 0.29) is 67.9 Å². The summed E-state index contributed by atoms with van der Waals surface area (Å²) in [7, 11) is 0. The van der Waals surface area contributed by atoms with Crippen molar-refractivity contribution in [3.63, 3.8) is 0 Å². The van der Waals surface area contributed by atoms with Crippen molar-refractivity contribution < 1.29 is 70.0 Å². The first-order valence-corrected chi connectivity index (χ1v) is 19.4. The molecule has 2 heterocycles. The summed E-state index contributed by atoms with van der Waals surface area (Å²) in [6.45, 7) is 10.2. The van der Waals surface area contributed by atoms with Crippen molar-refractivity contribution in [3.05, 3.63) is 12.2 Å². The molecule has 9 unspecified atom stereocenters. The quantitative estimate of drug-likeness (QED) is 0.105. The molecule has 6 aliphatic rings. The first kappa shape index (κ1) is 40.8. The minimum atomic E-state index is -1.42. The van der Waals surface area contributed by atoms with Crippen LogP contribution in [0.2, 0.25) is 0 Å². The molecule has 14 nitrogen and oxygen atoms in total. The number of hydrogen-bond acceptors (Lipinski definition) is 14. The molecule has 0 aromatic carbocycles. The fourth-order valence-corrected chi connectivity index (χ4v) is 11.6. The fourth-order valence-electron chi connectivity index (χ4n) is 11.6. The van der Waals surface area contributed by atoms with Crippen molar-refractivity contribution in [1.29, 1.82) is 0 Å². The van der Waals surface area contributed by atoms with E-state index in [1.165, 1.54) is 0 Å². The normalized spacial score (nSPS) is 54.2. The monoisotopic (exact) mass is 744 g/mol. The van der Waals surface area contributed by atoms with E-state index in [9.17, 15) is 51.1 Å². The molecule has 0 bridgehead atoms. The summed E-state index contributed by atoms with van der Waals surface area (Å²) >= 11 is 0. The van der Waals surface area contributed by atoms with Gasteiger partial charge in [0, 0.05) is 12.3 Å². The summed E-state index contributed by atoms with van der Waals surface area (Å²) in [6.07, 6.45) is -6.34. The Kier molecular flexibility index (Phi) is 12.0. The van der Waals surface area contributed by atoms with Gasteiger partial charge in [0.15, 0.2) is 12.6 Å². The van der Waals surface area contributed by atoms with Gasteiger partial charge in [-0.25, -0.2) is 0 Å². The largest absolute Gasteiger partial charge is 0.393 e. The number of rotatable bonds is 9. The Morgan fingerprint density at radius 3 is 1.96 bits per heavy atom. The highest BCUT2D eigenvalue weighted by Gasteiger charge is 2.72. The molecule has 2 saturated heterocycles. The van der Waals surface area contributed by atoms with Gasteiger partial charge in [-0.3, -0.25) is 0 Å². The van der Waals surface area contributed by atoms with Crippen LogP contribution in [0.3, 0.4) is 0 Å². The number of allylic oxidation sites excluding steroid dienone is 2. The molecule has 52 heavy (non-hydrogen) atoms. The highest BCUT2D eigenvalue weighted by molar-refractivity contribution is 5.22. The van der Waals surface area contributed by atoms with Crippen molar-refractivity contribution in [1.82, 2.24) is 0 Å². The van der Waals surface area contributed by atoms with E-state index in [0.29, 0.717) is 32.1 Å². The summed E-state index contributed by atoms with van der Waals surface area (Å²) < 4.78 is 22.7. The van der Waals surface area contributed by atoms with E-state index in [1.54, 1.807) is 0 Å². The smallest absolute Gasteiger partial charge is 0.186 e. The number of hydrogen-bond donors (Lipinski definition) is 10. The standard InChI is InChI=1S/C38H64O14/c1-17(19(3)14-49-34-31(46)27(42)23(40)15-50-34)6-7-18(2)26-29(44)30(45)33-37(26,5)11-9-25-36(4)10-8-20(12-21(36)22(39)13-38(25,33)48)52-35-32(47)28(43)24(41)16-51-35/h6-7,17-35,39-48H,8-16H2,1-5H3/b7-6+/t17-,18-,19-,20+,21-,22+,23?,24?,25?,26+,27?,28?,29-,30-,31?,32?,33-,34?,35?,36+,37-,38+/m1/s1. The number of aliphatic hydroxyl groups is 10. The molecule has 14 heteroatoms. The second-order valence-corrected chi connectivity index (χ2v) is 17.9. The molecule has 0 amide bonds. The summed E-state index contributed by atoms with van der Waals surface area (Å²) in [5.41, 5.74) is -2.51. The van der Waals surface area contributed by atoms with Crippen molar-refractivity contribution >= 4 is 0 Å². The van der Waals surface area contributed by atoms with Gasteiger partial charge >= 0.3 is 0 Å². The van der Waals surface area contributed by atoms with Gasteiger partial charge in [0.2, 0.25) is 0 Å². The number of aliphatic hydroxyl groups excluding tert-OH is 9. The molecule has 0 aromatic rings. The lowest BCUT2D eigenvalue weighted by Crippen LogP contribution is -2.69. The third-order valence-electron chi connectivity index (χ3n) is 14.8. The minimum absolute atomic E-state index is 0.000483. The summed E-state index contributed by atoms with van der Waals surface area (Å²) in [5, 5.41) is 108. The lowest BCUT2D eigenvalue weighted by Gasteiger charge is -2.66. The molecular formula is C38H64O14. The summed E-state index contributed by atoms with van der Waals surface area (Å²) in [6, 6.07) is 0. The van der Waals surface area contributed by atoms with Crippen LogP contribution in [-0.2, 0) is 18.9 Å². The van der Waals surface area contributed by atoms with Crippen LogP contribution >= 0.6 is 0 Å². The van der Waals surface area contributed by atoms with E-state index in [0.717, 1.165) is 0 Å². The molecule has 4 saturated carbocycles. The molecule has 0 radical (unpaired) electrons. The van der Waals surface area contributed by atoms with Gasteiger partial charge in [-0.1, -0.05) is 46.8 Å². The molecule has 10 N–H and O–H groups in total. The maximum absolute atomic E-state index is 12.8. The first-order chi connectivity index (χ1) is 24.3.